The first-order valence-corrected chi connectivity index (χ1v) is 3.66. The van der Waals surface area contributed by atoms with E-state index in [0.717, 1.165) is 0 Å². The molecule has 0 saturated carbocycles. The molecule has 11 heavy (non-hydrogen) atoms. The Bertz CT molecular complexity index is 106. The summed E-state index contributed by atoms with van der Waals surface area (Å²) in [6.45, 7) is 3.68. The maximum absolute atomic E-state index is 8.92. The second kappa shape index (κ2) is 4.66. The molecule has 4 nitrogen and oxygen atoms in total. The van der Waals surface area contributed by atoms with E-state index in [0.29, 0.717) is 6.54 Å². The molecule has 0 aromatic carbocycles. The fourth-order valence-electron chi connectivity index (χ4n) is 0.515. The predicted octanol–water partition coefficient (Wildman–Crippen LogP) is -1.30. The van der Waals surface area contributed by atoms with Gasteiger partial charge in [0.2, 0.25) is 0 Å². The zero-order valence-electron chi connectivity index (χ0n) is 7.04. The van der Waals surface area contributed by atoms with E-state index in [1.165, 1.54) is 0 Å². The number of β-amino-alcohol motifs (C(OH)–C–C–N with tert-alkyl or cyclic N) is 1. The molecule has 68 valence electrons. The summed E-state index contributed by atoms with van der Waals surface area (Å²) < 4.78 is 0. The summed E-state index contributed by atoms with van der Waals surface area (Å²) >= 11 is 0. The van der Waals surface area contributed by atoms with E-state index < -0.39 is 11.6 Å². The Kier molecular flexibility index (Phi) is 4.60. The number of hydrogen-bond acceptors (Lipinski definition) is 4. The lowest BCUT2D eigenvalue weighted by Crippen LogP contribution is -2.46. The number of hydrogen-bond donors (Lipinski definition) is 4. The standard InChI is InChI=1S/C7H17NO3/c1-7(2,5-10)8-3-6(11)4-9/h6,8-11H,3-5H2,1-2H3. The van der Waals surface area contributed by atoms with Gasteiger partial charge >= 0.3 is 0 Å². The van der Waals surface area contributed by atoms with Gasteiger partial charge in [0, 0.05) is 12.1 Å². The summed E-state index contributed by atoms with van der Waals surface area (Å²) in [6, 6.07) is 0. The zero-order chi connectivity index (χ0) is 8.91. The van der Waals surface area contributed by atoms with Crippen LogP contribution < -0.4 is 5.32 Å². The van der Waals surface area contributed by atoms with E-state index in [1.807, 2.05) is 13.8 Å². The number of nitrogens with one attached hydrogen (secondary N) is 1. The first-order valence-electron chi connectivity index (χ1n) is 3.66. The molecular formula is C7H17NO3. The van der Waals surface area contributed by atoms with E-state index in [9.17, 15) is 0 Å². The van der Waals surface area contributed by atoms with E-state index in [1.54, 1.807) is 0 Å². The van der Waals surface area contributed by atoms with Crippen molar-refractivity contribution in [3.63, 3.8) is 0 Å². The Morgan fingerprint density at radius 2 is 1.91 bits per heavy atom. The minimum atomic E-state index is -0.749. The average Bonchev–Trinajstić information content (AvgIpc) is 2.00. The molecule has 0 saturated heterocycles. The molecule has 1 atom stereocenters. The minimum Gasteiger partial charge on any atom is -0.394 e. The molecule has 4 N–H and O–H groups in total. The molecule has 0 radical (unpaired) electrons. The maximum Gasteiger partial charge on any atom is 0.0895 e. The van der Waals surface area contributed by atoms with Crippen LogP contribution >= 0.6 is 0 Å². The van der Waals surface area contributed by atoms with Crippen LogP contribution in [0, 0.1) is 0 Å². The van der Waals surface area contributed by atoms with Crippen molar-refractivity contribution in [1.29, 1.82) is 0 Å². The molecule has 0 bridgehead atoms. The molecular weight excluding hydrogens is 146 g/mol. The molecule has 0 aromatic heterocycles. The van der Waals surface area contributed by atoms with Crippen LogP contribution in [-0.2, 0) is 0 Å². The topological polar surface area (TPSA) is 72.7 Å². The van der Waals surface area contributed by atoms with Crippen molar-refractivity contribution in [2.24, 2.45) is 0 Å². The van der Waals surface area contributed by atoms with Crippen molar-refractivity contribution in [2.45, 2.75) is 25.5 Å². The van der Waals surface area contributed by atoms with Crippen LogP contribution in [0.3, 0.4) is 0 Å². The summed E-state index contributed by atoms with van der Waals surface area (Å²) in [5.41, 5.74) is -0.393. The van der Waals surface area contributed by atoms with E-state index >= 15 is 0 Å². The van der Waals surface area contributed by atoms with Gasteiger partial charge in [-0.2, -0.15) is 0 Å². The predicted molar refractivity (Wildman–Crippen MR) is 42.3 cm³/mol. The molecule has 1 unspecified atom stereocenters. The number of rotatable bonds is 5. The molecule has 0 rings (SSSR count). The number of aliphatic hydroxyl groups is 3. The van der Waals surface area contributed by atoms with Gasteiger partial charge in [-0.1, -0.05) is 0 Å². The summed E-state index contributed by atoms with van der Waals surface area (Å²) in [5.74, 6) is 0. The normalized spacial score (nSPS) is 15.0. The summed E-state index contributed by atoms with van der Waals surface area (Å²) in [7, 11) is 0. The van der Waals surface area contributed by atoms with E-state index in [-0.39, 0.29) is 13.2 Å². The third-order valence-electron chi connectivity index (χ3n) is 1.42. The Morgan fingerprint density at radius 3 is 2.27 bits per heavy atom. The van der Waals surface area contributed by atoms with Crippen molar-refractivity contribution < 1.29 is 15.3 Å². The first-order chi connectivity index (χ1) is 5.02. The second-order valence-electron chi connectivity index (χ2n) is 3.26. The largest absolute Gasteiger partial charge is 0.394 e. The van der Waals surface area contributed by atoms with Gasteiger partial charge in [0.25, 0.3) is 0 Å². The quantitative estimate of drug-likeness (QED) is 0.406. The zero-order valence-corrected chi connectivity index (χ0v) is 7.04. The van der Waals surface area contributed by atoms with Crippen LogP contribution in [0.4, 0.5) is 0 Å². The fourth-order valence-corrected chi connectivity index (χ4v) is 0.515. The molecule has 0 aliphatic carbocycles. The highest BCUT2D eigenvalue weighted by atomic mass is 16.3. The van der Waals surface area contributed by atoms with Crippen LogP contribution in [0.15, 0.2) is 0 Å². The monoisotopic (exact) mass is 163 g/mol. The Labute approximate surface area is 66.9 Å². The Balaban J connectivity index is 3.52. The van der Waals surface area contributed by atoms with Crippen LogP contribution in [0.2, 0.25) is 0 Å². The maximum atomic E-state index is 8.92. The van der Waals surface area contributed by atoms with Gasteiger partial charge < -0.3 is 20.6 Å². The van der Waals surface area contributed by atoms with Crippen LogP contribution in [0.5, 0.6) is 0 Å². The van der Waals surface area contributed by atoms with Crippen molar-refractivity contribution in [2.75, 3.05) is 19.8 Å². The molecule has 0 amide bonds. The Hall–Kier alpha value is -0.160. The van der Waals surface area contributed by atoms with E-state index in [2.05, 4.69) is 5.32 Å². The highest BCUT2D eigenvalue weighted by molar-refractivity contribution is 4.77. The molecule has 0 heterocycles. The average molecular weight is 163 g/mol. The summed E-state index contributed by atoms with van der Waals surface area (Å²) in [5, 5.41) is 29.0. The fraction of sp³-hybridized carbons (Fsp3) is 1.00. The summed E-state index contributed by atoms with van der Waals surface area (Å²) in [6.07, 6.45) is -0.749. The third-order valence-corrected chi connectivity index (χ3v) is 1.42. The highest BCUT2D eigenvalue weighted by Gasteiger charge is 2.16. The molecule has 0 spiro atoms. The lowest BCUT2D eigenvalue weighted by Gasteiger charge is -2.24. The van der Waals surface area contributed by atoms with E-state index in [4.69, 9.17) is 15.3 Å². The highest BCUT2D eigenvalue weighted by Crippen LogP contribution is 1.98. The van der Waals surface area contributed by atoms with Crippen LogP contribution in [-0.4, -0.2) is 46.7 Å². The van der Waals surface area contributed by atoms with Gasteiger partial charge in [0.1, 0.15) is 0 Å². The van der Waals surface area contributed by atoms with Crippen LogP contribution in [0.25, 0.3) is 0 Å². The minimum absolute atomic E-state index is 0.00511. The first kappa shape index (κ1) is 10.8. The van der Waals surface area contributed by atoms with Crippen molar-refractivity contribution in [3.8, 4) is 0 Å². The molecule has 4 heteroatoms. The van der Waals surface area contributed by atoms with Gasteiger partial charge in [-0.05, 0) is 13.8 Å². The molecule has 0 fully saturated rings. The number of aliphatic hydroxyl groups excluding tert-OH is 3. The van der Waals surface area contributed by atoms with Gasteiger partial charge in [-0.25, -0.2) is 0 Å². The molecule has 0 aromatic rings. The van der Waals surface area contributed by atoms with Crippen LogP contribution in [0.1, 0.15) is 13.8 Å². The molecule has 0 aliphatic heterocycles. The Morgan fingerprint density at radius 1 is 1.36 bits per heavy atom. The SMILES string of the molecule is CC(C)(CO)NCC(O)CO. The van der Waals surface area contributed by atoms with Crippen molar-refractivity contribution in [1.82, 2.24) is 5.32 Å². The van der Waals surface area contributed by atoms with Gasteiger partial charge in [0.15, 0.2) is 0 Å². The lowest BCUT2D eigenvalue weighted by molar-refractivity contribution is 0.0809. The van der Waals surface area contributed by atoms with Gasteiger partial charge in [0.05, 0.1) is 19.3 Å². The van der Waals surface area contributed by atoms with Crippen molar-refractivity contribution >= 4 is 0 Å². The summed E-state index contributed by atoms with van der Waals surface area (Å²) in [4.78, 5) is 0. The van der Waals surface area contributed by atoms with Crippen molar-refractivity contribution in [3.05, 3.63) is 0 Å². The lowest BCUT2D eigenvalue weighted by atomic mass is 10.1. The third kappa shape index (κ3) is 5.15. The second-order valence-corrected chi connectivity index (χ2v) is 3.26. The van der Waals surface area contributed by atoms with Gasteiger partial charge in [-0.15, -0.1) is 0 Å². The van der Waals surface area contributed by atoms with Gasteiger partial charge in [-0.3, -0.25) is 0 Å². The smallest absolute Gasteiger partial charge is 0.0895 e. The molecule has 0 aliphatic rings.